The normalized spacial score (nSPS) is 11.1. The van der Waals surface area contributed by atoms with Gasteiger partial charge in [0.05, 0.1) is 6.26 Å². The van der Waals surface area contributed by atoms with Gasteiger partial charge in [-0.05, 0) is 24.3 Å². The van der Waals surface area contributed by atoms with E-state index < -0.39 is 0 Å². The van der Waals surface area contributed by atoms with Crippen LogP contribution in [0, 0.1) is 0 Å². The van der Waals surface area contributed by atoms with E-state index in [9.17, 15) is 4.79 Å². The zero-order valence-corrected chi connectivity index (χ0v) is 19.7. The van der Waals surface area contributed by atoms with Crippen molar-refractivity contribution in [1.82, 2.24) is 5.32 Å². The number of carbonyl (C=O) groups excluding carboxylic acids is 1. The predicted molar refractivity (Wildman–Crippen MR) is 128 cm³/mol. The lowest BCUT2D eigenvalue weighted by atomic mass is 10.0. The van der Waals surface area contributed by atoms with Gasteiger partial charge in [-0.15, -0.1) is 0 Å². The molecule has 0 bridgehead atoms. The standard InChI is InChI=1S/C25H45NO2S/c1-2-3-4-5-6-7-8-9-10-11-12-13-14-15-16-17-22-29-23-20-26-25(27)24-19-18-21-28-24/h18-19,21H,2-17,20,22-23H2,1H3,(H,26,27). The minimum Gasteiger partial charge on any atom is -0.459 e. The van der Waals surface area contributed by atoms with Crippen LogP contribution in [0.15, 0.2) is 22.8 Å². The number of hydrogen-bond acceptors (Lipinski definition) is 3. The van der Waals surface area contributed by atoms with Gasteiger partial charge in [-0.2, -0.15) is 11.8 Å². The van der Waals surface area contributed by atoms with E-state index in [0.717, 1.165) is 5.75 Å². The van der Waals surface area contributed by atoms with Crippen molar-refractivity contribution in [1.29, 1.82) is 0 Å². The molecule has 4 heteroatoms. The Morgan fingerprint density at radius 1 is 0.793 bits per heavy atom. The molecule has 0 aliphatic rings. The van der Waals surface area contributed by atoms with Crippen LogP contribution in [0.4, 0.5) is 0 Å². The third kappa shape index (κ3) is 16.6. The highest BCUT2D eigenvalue weighted by molar-refractivity contribution is 7.99. The summed E-state index contributed by atoms with van der Waals surface area (Å²) in [6.07, 6.45) is 24.2. The summed E-state index contributed by atoms with van der Waals surface area (Å²) in [5.41, 5.74) is 0. The van der Waals surface area contributed by atoms with Gasteiger partial charge in [-0.1, -0.05) is 103 Å². The molecule has 0 unspecified atom stereocenters. The Balaban J connectivity index is 1.68. The van der Waals surface area contributed by atoms with Crippen molar-refractivity contribution in [2.45, 2.75) is 110 Å². The van der Waals surface area contributed by atoms with Crippen LogP contribution in [0.3, 0.4) is 0 Å². The van der Waals surface area contributed by atoms with Gasteiger partial charge in [-0.25, -0.2) is 0 Å². The van der Waals surface area contributed by atoms with Gasteiger partial charge in [0.15, 0.2) is 5.76 Å². The second-order valence-corrected chi connectivity index (χ2v) is 9.37. The number of unbranched alkanes of at least 4 members (excludes halogenated alkanes) is 15. The summed E-state index contributed by atoms with van der Waals surface area (Å²) >= 11 is 1.93. The molecule has 0 aliphatic carbocycles. The summed E-state index contributed by atoms with van der Waals surface area (Å²) < 4.78 is 5.07. The Kier molecular flexibility index (Phi) is 18.4. The van der Waals surface area contributed by atoms with E-state index in [2.05, 4.69) is 12.2 Å². The number of amides is 1. The SMILES string of the molecule is CCCCCCCCCCCCCCCCCCSCCNC(=O)c1ccco1. The molecule has 0 fully saturated rings. The Labute approximate surface area is 184 Å². The summed E-state index contributed by atoms with van der Waals surface area (Å²) in [4.78, 5) is 11.7. The number of furan rings is 1. The highest BCUT2D eigenvalue weighted by Gasteiger charge is 2.06. The van der Waals surface area contributed by atoms with Crippen LogP contribution in [-0.4, -0.2) is 24.0 Å². The van der Waals surface area contributed by atoms with Crippen molar-refractivity contribution in [2.75, 3.05) is 18.1 Å². The van der Waals surface area contributed by atoms with Gasteiger partial charge >= 0.3 is 0 Å². The maximum Gasteiger partial charge on any atom is 0.287 e. The topological polar surface area (TPSA) is 42.2 Å². The van der Waals surface area contributed by atoms with E-state index >= 15 is 0 Å². The molecule has 1 N–H and O–H groups in total. The zero-order chi connectivity index (χ0) is 20.8. The molecule has 1 rings (SSSR count). The molecule has 0 saturated carbocycles. The lowest BCUT2D eigenvalue weighted by molar-refractivity contribution is 0.0928. The molecule has 0 radical (unpaired) electrons. The molecule has 1 heterocycles. The first-order chi connectivity index (χ1) is 14.3. The first-order valence-electron chi connectivity index (χ1n) is 12.2. The first-order valence-corrected chi connectivity index (χ1v) is 13.4. The smallest absolute Gasteiger partial charge is 0.287 e. The van der Waals surface area contributed by atoms with E-state index in [-0.39, 0.29) is 5.91 Å². The van der Waals surface area contributed by atoms with E-state index in [1.807, 2.05) is 11.8 Å². The quantitative estimate of drug-likeness (QED) is 0.204. The van der Waals surface area contributed by atoms with Crippen molar-refractivity contribution in [2.24, 2.45) is 0 Å². The second-order valence-electron chi connectivity index (χ2n) is 8.15. The van der Waals surface area contributed by atoms with Gasteiger partial charge in [0.25, 0.3) is 5.91 Å². The third-order valence-electron chi connectivity index (χ3n) is 5.42. The Morgan fingerprint density at radius 2 is 1.31 bits per heavy atom. The molecule has 1 aromatic rings. The van der Waals surface area contributed by atoms with Crippen molar-refractivity contribution in [3.63, 3.8) is 0 Å². The lowest BCUT2D eigenvalue weighted by Gasteiger charge is -2.04. The van der Waals surface area contributed by atoms with E-state index in [1.165, 1.54) is 115 Å². The second kappa shape index (κ2) is 20.4. The van der Waals surface area contributed by atoms with Crippen molar-refractivity contribution in [3.05, 3.63) is 24.2 Å². The summed E-state index contributed by atoms with van der Waals surface area (Å²) in [6.45, 7) is 3.00. The zero-order valence-electron chi connectivity index (χ0n) is 18.9. The molecule has 29 heavy (non-hydrogen) atoms. The summed E-state index contributed by atoms with van der Waals surface area (Å²) in [6, 6.07) is 3.43. The first kappa shape index (κ1) is 26.1. The summed E-state index contributed by atoms with van der Waals surface area (Å²) in [5.74, 6) is 2.46. The summed E-state index contributed by atoms with van der Waals surface area (Å²) in [5, 5.41) is 2.89. The molecule has 0 spiro atoms. The van der Waals surface area contributed by atoms with Gasteiger partial charge in [0.2, 0.25) is 0 Å². The molecule has 0 saturated heterocycles. The number of thioether (sulfide) groups is 1. The third-order valence-corrected chi connectivity index (χ3v) is 6.49. The number of carbonyl (C=O) groups is 1. The molecule has 0 aliphatic heterocycles. The lowest BCUT2D eigenvalue weighted by Crippen LogP contribution is -2.25. The Hall–Kier alpha value is -0.900. The molecule has 1 amide bonds. The molecule has 1 aromatic heterocycles. The van der Waals surface area contributed by atoms with Crippen LogP contribution >= 0.6 is 11.8 Å². The van der Waals surface area contributed by atoms with Crippen LogP contribution in [-0.2, 0) is 0 Å². The minimum absolute atomic E-state index is 0.113. The van der Waals surface area contributed by atoms with Gasteiger partial charge < -0.3 is 9.73 Å². The highest BCUT2D eigenvalue weighted by Crippen LogP contribution is 2.14. The maximum atomic E-state index is 11.7. The maximum absolute atomic E-state index is 11.7. The fourth-order valence-corrected chi connectivity index (χ4v) is 4.44. The van der Waals surface area contributed by atoms with E-state index in [1.54, 1.807) is 12.1 Å². The predicted octanol–water partition coefficient (Wildman–Crippen LogP) is 8.00. The average Bonchev–Trinajstić information content (AvgIpc) is 3.27. The van der Waals surface area contributed by atoms with Crippen molar-refractivity contribution < 1.29 is 9.21 Å². The molecular formula is C25H45NO2S. The van der Waals surface area contributed by atoms with Gasteiger partial charge in [0, 0.05) is 12.3 Å². The number of rotatable bonds is 21. The van der Waals surface area contributed by atoms with Gasteiger partial charge in [0.1, 0.15) is 0 Å². The van der Waals surface area contributed by atoms with Crippen molar-refractivity contribution >= 4 is 17.7 Å². The molecular weight excluding hydrogens is 378 g/mol. The highest BCUT2D eigenvalue weighted by atomic mass is 32.2. The van der Waals surface area contributed by atoms with Gasteiger partial charge in [-0.3, -0.25) is 4.79 Å². The fraction of sp³-hybridized carbons (Fsp3) is 0.800. The molecule has 168 valence electrons. The van der Waals surface area contributed by atoms with E-state index in [4.69, 9.17) is 4.42 Å². The van der Waals surface area contributed by atoms with Crippen LogP contribution in [0.25, 0.3) is 0 Å². The summed E-state index contributed by atoms with van der Waals surface area (Å²) in [7, 11) is 0. The van der Waals surface area contributed by atoms with Crippen LogP contribution in [0.1, 0.15) is 120 Å². The fourth-order valence-electron chi connectivity index (χ4n) is 3.59. The van der Waals surface area contributed by atoms with E-state index in [0.29, 0.717) is 12.3 Å². The number of hydrogen-bond donors (Lipinski definition) is 1. The Bertz CT molecular complexity index is 461. The van der Waals surface area contributed by atoms with Crippen LogP contribution < -0.4 is 5.32 Å². The largest absolute Gasteiger partial charge is 0.459 e. The molecule has 3 nitrogen and oxygen atoms in total. The average molecular weight is 424 g/mol. The monoisotopic (exact) mass is 423 g/mol. The van der Waals surface area contributed by atoms with Crippen LogP contribution in [0.5, 0.6) is 0 Å². The Morgan fingerprint density at radius 3 is 1.79 bits per heavy atom. The van der Waals surface area contributed by atoms with Crippen molar-refractivity contribution in [3.8, 4) is 0 Å². The molecule has 0 aromatic carbocycles. The van der Waals surface area contributed by atoms with Crippen LogP contribution in [0.2, 0.25) is 0 Å². The molecule has 0 atom stereocenters. The number of nitrogens with one attached hydrogen (secondary N) is 1. The minimum atomic E-state index is -0.113.